The fourth-order valence-corrected chi connectivity index (χ4v) is 2.49. The van der Waals surface area contributed by atoms with E-state index >= 15 is 0 Å². The normalized spacial score (nSPS) is 15.8. The molecule has 0 aliphatic rings. The van der Waals surface area contributed by atoms with Crippen LogP contribution in [-0.2, 0) is 23.1 Å². The van der Waals surface area contributed by atoms with E-state index in [0.29, 0.717) is 5.56 Å². The lowest BCUT2D eigenvalue weighted by Crippen LogP contribution is -2.34. The maximum absolute atomic E-state index is 12.9. The molecule has 0 heterocycles. The van der Waals surface area contributed by atoms with Gasteiger partial charge in [0.15, 0.2) is 0 Å². The summed E-state index contributed by atoms with van der Waals surface area (Å²) in [4.78, 5) is 0. The topological polar surface area (TPSA) is 55.5 Å². The molecule has 2 rings (SSSR count). The molecule has 130 valence electrons. The minimum absolute atomic E-state index is 0.0137. The van der Waals surface area contributed by atoms with Crippen LogP contribution >= 0.6 is 0 Å². The highest BCUT2D eigenvalue weighted by molar-refractivity contribution is 5.29. The minimum atomic E-state index is -4.44. The highest BCUT2D eigenvalue weighted by atomic mass is 19.4. The largest absolute Gasteiger partial charge is 0.416 e. The van der Waals surface area contributed by atoms with Gasteiger partial charge in [0.25, 0.3) is 0 Å². The van der Waals surface area contributed by atoms with Gasteiger partial charge in [-0.25, -0.2) is 0 Å². The molecule has 0 aliphatic heterocycles. The number of halogens is 3. The van der Waals surface area contributed by atoms with Gasteiger partial charge in [0.1, 0.15) is 6.23 Å². The Balaban J connectivity index is 2.01. The number of hydrogen-bond acceptors (Lipinski definition) is 3. The summed E-state index contributed by atoms with van der Waals surface area (Å²) in [5.74, 6) is 0. The van der Waals surface area contributed by atoms with Crippen LogP contribution in [0.25, 0.3) is 0 Å². The summed E-state index contributed by atoms with van der Waals surface area (Å²) in [6, 6.07) is 14.1. The monoisotopic (exact) mass is 339 g/mol. The van der Waals surface area contributed by atoms with Crippen molar-refractivity contribution >= 4 is 0 Å². The van der Waals surface area contributed by atoms with Crippen molar-refractivity contribution in [2.45, 2.75) is 38.0 Å². The first-order valence-corrected chi connectivity index (χ1v) is 7.50. The second-order valence-corrected chi connectivity index (χ2v) is 5.85. The molecule has 0 saturated heterocycles. The van der Waals surface area contributed by atoms with E-state index in [1.165, 1.54) is 18.2 Å². The zero-order valence-corrected chi connectivity index (χ0v) is 13.3. The lowest BCUT2D eigenvalue weighted by atomic mass is 9.92. The summed E-state index contributed by atoms with van der Waals surface area (Å²) < 4.78 is 44.2. The van der Waals surface area contributed by atoms with Crippen LogP contribution in [0, 0.1) is 0 Å². The van der Waals surface area contributed by atoms with Crippen molar-refractivity contribution in [1.82, 2.24) is 0 Å². The Labute approximate surface area is 138 Å². The summed E-state index contributed by atoms with van der Waals surface area (Å²) in [5, 5.41) is 10.5. The molecule has 0 aromatic heterocycles. The summed E-state index contributed by atoms with van der Waals surface area (Å²) in [7, 11) is 0. The predicted molar refractivity (Wildman–Crippen MR) is 84.8 cm³/mol. The average Bonchev–Trinajstić information content (AvgIpc) is 2.53. The van der Waals surface area contributed by atoms with Crippen LogP contribution in [0.4, 0.5) is 13.2 Å². The molecule has 0 radical (unpaired) electrons. The SMILES string of the molecule is CC(O)(CC(N)OCc1ccccc1C(F)(F)F)c1ccccc1. The number of benzene rings is 2. The maximum atomic E-state index is 12.9. The molecule has 0 spiro atoms. The zero-order chi connectivity index (χ0) is 17.8. The van der Waals surface area contributed by atoms with E-state index in [1.54, 1.807) is 31.2 Å². The van der Waals surface area contributed by atoms with Crippen LogP contribution in [0.5, 0.6) is 0 Å². The third-order valence-corrected chi connectivity index (χ3v) is 3.77. The second kappa shape index (κ2) is 7.34. The number of rotatable bonds is 6. The summed E-state index contributed by atoms with van der Waals surface area (Å²) in [6.07, 6.45) is -5.29. The van der Waals surface area contributed by atoms with Gasteiger partial charge in [0.2, 0.25) is 0 Å². The fourth-order valence-electron chi connectivity index (χ4n) is 2.49. The van der Waals surface area contributed by atoms with Crippen LogP contribution in [0.2, 0.25) is 0 Å². The van der Waals surface area contributed by atoms with Gasteiger partial charge in [-0.2, -0.15) is 13.2 Å². The van der Waals surface area contributed by atoms with Gasteiger partial charge in [0, 0.05) is 6.42 Å². The van der Waals surface area contributed by atoms with Crippen molar-refractivity contribution in [3.8, 4) is 0 Å². The first-order valence-electron chi connectivity index (χ1n) is 7.50. The lowest BCUT2D eigenvalue weighted by Gasteiger charge is -2.27. The lowest BCUT2D eigenvalue weighted by molar-refractivity contribution is -0.139. The van der Waals surface area contributed by atoms with Crippen molar-refractivity contribution in [1.29, 1.82) is 0 Å². The Morgan fingerprint density at radius 3 is 2.25 bits per heavy atom. The molecule has 0 saturated carbocycles. The molecule has 2 aromatic rings. The van der Waals surface area contributed by atoms with Gasteiger partial charge in [-0.15, -0.1) is 0 Å². The van der Waals surface area contributed by atoms with Crippen molar-refractivity contribution in [2.75, 3.05) is 0 Å². The number of aliphatic hydroxyl groups is 1. The van der Waals surface area contributed by atoms with Crippen LogP contribution in [0.3, 0.4) is 0 Å². The van der Waals surface area contributed by atoms with Gasteiger partial charge in [-0.05, 0) is 24.1 Å². The van der Waals surface area contributed by atoms with E-state index in [9.17, 15) is 18.3 Å². The van der Waals surface area contributed by atoms with Crippen molar-refractivity contribution in [2.24, 2.45) is 5.73 Å². The fraction of sp³-hybridized carbons (Fsp3) is 0.333. The summed E-state index contributed by atoms with van der Waals surface area (Å²) >= 11 is 0. The number of alkyl halides is 3. The standard InChI is InChI=1S/C18H20F3NO2/c1-17(23,14-8-3-2-4-9-14)11-16(22)24-12-13-7-5-6-10-15(13)18(19,20)21/h2-10,16,23H,11-12,22H2,1H3. The smallest absolute Gasteiger partial charge is 0.385 e. The summed E-state index contributed by atoms with van der Waals surface area (Å²) in [5.41, 5.74) is 4.55. The van der Waals surface area contributed by atoms with Crippen LogP contribution < -0.4 is 5.73 Å². The third kappa shape index (κ3) is 4.80. The molecular weight excluding hydrogens is 319 g/mol. The molecule has 2 atom stereocenters. The van der Waals surface area contributed by atoms with Gasteiger partial charge in [-0.3, -0.25) is 0 Å². The third-order valence-electron chi connectivity index (χ3n) is 3.77. The zero-order valence-electron chi connectivity index (χ0n) is 13.3. The Bertz CT molecular complexity index is 657. The van der Waals surface area contributed by atoms with E-state index in [4.69, 9.17) is 10.5 Å². The number of nitrogens with two attached hydrogens (primary N) is 1. The molecule has 24 heavy (non-hydrogen) atoms. The molecule has 2 unspecified atom stereocenters. The Kier molecular flexibility index (Phi) is 5.64. The molecule has 6 heteroatoms. The molecule has 2 aromatic carbocycles. The molecular formula is C18H20F3NO2. The molecule has 0 bridgehead atoms. The molecule has 0 amide bonds. The quantitative estimate of drug-likeness (QED) is 0.787. The van der Waals surface area contributed by atoms with Crippen LogP contribution in [-0.4, -0.2) is 11.3 Å². The van der Waals surface area contributed by atoms with Gasteiger partial charge >= 0.3 is 6.18 Å². The van der Waals surface area contributed by atoms with Crippen molar-refractivity contribution < 1.29 is 23.0 Å². The molecule has 0 aliphatic carbocycles. The van der Waals surface area contributed by atoms with E-state index in [-0.39, 0.29) is 18.6 Å². The Morgan fingerprint density at radius 1 is 1.04 bits per heavy atom. The molecule has 3 N–H and O–H groups in total. The first-order chi connectivity index (χ1) is 11.2. The maximum Gasteiger partial charge on any atom is 0.416 e. The van der Waals surface area contributed by atoms with E-state index in [1.807, 2.05) is 6.07 Å². The van der Waals surface area contributed by atoms with E-state index in [2.05, 4.69) is 0 Å². The highest BCUT2D eigenvalue weighted by Gasteiger charge is 2.33. The van der Waals surface area contributed by atoms with E-state index < -0.39 is 23.6 Å². The van der Waals surface area contributed by atoms with E-state index in [0.717, 1.165) is 6.07 Å². The van der Waals surface area contributed by atoms with Crippen molar-refractivity contribution in [3.05, 3.63) is 71.3 Å². The number of ether oxygens (including phenoxy) is 1. The van der Waals surface area contributed by atoms with Gasteiger partial charge in [0.05, 0.1) is 17.8 Å². The molecule has 3 nitrogen and oxygen atoms in total. The van der Waals surface area contributed by atoms with Gasteiger partial charge in [-0.1, -0.05) is 48.5 Å². The first kappa shape index (κ1) is 18.4. The second-order valence-electron chi connectivity index (χ2n) is 5.85. The van der Waals surface area contributed by atoms with Crippen LogP contribution in [0.15, 0.2) is 54.6 Å². The Morgan fingerprint density at radius 2 is 1.62 bits per heavy atom. The number of hydrogen-bond donors (Lipinski definition) is 2. The molecule has 0 fully saturated rings. The van der Waals surface area contributed by atoms with Crippen molar-refractivity contribution in [3.63, 3.8) is 0 Å². The van der Waals surface area contributed by atoms with Gasteiger partial charge < -0.3 is 15.6 Å². The minimum Gasteiger partial charge on any atom is -0.385 e. The summed E-state index contributed by atoms with van der Waals surface area (Å²) in [6.45, 7) is 1.32. The highest BCUT2D eigenvalue weighted by Crippen LogP contribution is 2.32. The Hall–Kier alpha value is -1.89. The van der Waals surface area contributed by atoms with Crippen LogP contribution in [0.1, 0.15) is 30.0 Å². The average molecular weight is 339 g/mol. The predicted octanol–water partition coefficient (Wildman–Crippen LogP) is 3.80.